The van der Waals surface area contributed by atoms with Crippen LogP contribution in [-0.2, 0) is 6.42 Å². The molecule has 1 atom stereocenters. The summed E-state index contributed by atoms with van der Waals surface area (Å²) >= 11 is 0. The van der Waals surface area contributed by atoms with Gasteiger partial charge in [0.15, 0.2) is 0 Å². The summed E-state index contributed by atoms with van der Waals surface area (Å²) in [5.41, 5.74) is 7.06. The first-order valence-electron chi connectivity index (χ1n) is 11.6. The van der Waals surface area contributed by atoms with Gasteiger partial charge >= 0.3 is 0 Å². The van der Waals surface area contributed by atoms with E-state index in [1.165, 1.54) is 17.6 Å². The lowest BCUT2D eigenvalue weighted by Crippen LogP contribution is -2.15. The number of rotatable bonds is 10. The van der Waals surface area contributed by atoms with E-state index in [-0.39, 0.29) is 5.84 Å². The zero-order chi connectivity index (χ0) is 24.0. The number of pyridine rings is 2. The Labute approximate surface area is 196 Å². The molecule has 3 rings (SSSR count). The predicted molar refractivity (Wildman–Crippen MR) is 137 cm³/mol. The molecular weight excluding hydrogens is 414 g/mol. The lowest BCUT2D eigenvalue weighted by Gasteiger charge is -2.19. The second-order valence-electron chi connectivity index (χ2n) is 7.94. The van der Waals surface area contributed by atoms with Crippen LogP contribution in [0.3, 0.4) is 0 Å². The molecule has 0 spiro atoms. The standard InChI is InChI=1S/C25H35N7O/c1-7-16(4)32-21(8-2)17(5)23-24(32)20(29-14-22(26)30-15-27-6)13-19(31-23)18-11-10-12-28-25(18)33-9-3/h10-13,15-16H,7-9,14H2,1-6H3,(H,29,31)(H2,26,27,30). The van der Waals surface area contributed by atoms with Crippen molar-refractivity contribution >= 4 is 28.9 Å². The molecule has 0 saturated heterocycles. The minimum Gasteiger partial charge on any atom is -0.477 e. The van der Waals surface area contributed by atoms with Crippen LogP contribution >= 0.6 is 0 Å². The summed E-state index contributed by atoms with van der Waals surface area (Å²) in [4.78, 5) is 13.6. The highest BCUT2D eigenvalue weighted by Gasteiger charge is 2.22. The molecule has 176 valence electrons. The molecule has 1 unspecified atom stereocenters. The Hall–Kier alpha value is -3.42. The van der Waals surface area contributed by atoms with Gasteiger partial charge in [0.2, 0.25) is 5.88 Å². The highest BCUT2D eigenvalue weighted by molar-refractivity contribution is 5.97. The summed E-state index contributed by atoms with van der Waals surface area (Å²) in [6.45, 7) is 11.5. The van der Waals surface area contributed by atoms with E-state index < -0.39 is 0 Å². The second-order valence-corrected chi connectivity index (χ2v) is 7.94. The van der Waals surface area contributed by atoms with Crippen LogP contribution < -0.4 is 15.4 Å². The fraction of sp³-hybridized carbons (Fsp3) is 0.440. The average Bonchev–Trinajstić information content (AvgIpc) is 3.12. The highest BCUT2D eigenvalue weighted by atomic mass is 16.5. The SMILES string of the molecule is CCOc1ncccc1-c1cc(NCC(=N)/N=C\NC)c2c(n1)c(C)c(CC)n2C(C)CC. The quantitative estimate of drug-likeness (QED) is 0.299. The molecule has 3 aromatic rings. The Balaban J connectivity index is 2.25. The van der Waals surface area contributed by atoms with Gasteiger partial charge in [0.25, 0.3) is 0 Å². The van der Waals surface area contributed by atoms with Crippen LogP contribution in [0.4, 0.5) is 5.69 Å². The molecule has 3 aromatic heterocycles. The third kappa shape index (κ3) is 4.99. The van der Waals surface area contributed by atoms with Crippen molar-refractivity contribution < 1.29 is 4.74 Å². The minimum absolute atomic E-state index is 0.237. The van der Waals surface area contributed by atoms with Gasteiger partial charge in [-0.1, -0.05) is 13.8 Å². The summed E-state index contributed by atoms with van der Waals surface area (Å²) in [5.74, 6) is 0.806. The number of anilines is 1. The van der Waals surface area contributed by atoms with Gasteiger partial charge < -0.3 is 19.9 Å². The number of aromatic nitrogens is 3. The molecule has 0 aliphatic heterocycles. The van der Waals surface area contributed by atoms with Crippen molar-refractivity contribution in [1.29, 1.82) is 5.41 Å². The van der Waals surface area contributed by atoms with Gasteiger partial charge in [-0.05, 0) is 57.4 Å². The first kappa shape index (κ1) is 24.2. The maximum Gasteiger partial charge on any atom is 0.222 e. The van der Waals surface area contributed by atoms with Gasteiger partial charge in [0, 0.05) is 25.0 Å². The number of fused-ring (bicyclic) bond motifs is 1. The van der Waals surface area contributed by atoms with Gasteiger partial charge in [0.05, 0.1) is 47.5 Å². The Morgan fingerprint density at radius 2 is 2.12 bits per heavy atom. The molecule has 8 heteroatoms. The van der Waals surface area contributed by atoms with Crippen molar-refractivity contribution in [2.75, 3.05) is 25.5 Å². The van der Waals surface area contributed by atoms with Crippen LogP contribution in [0.25, 0.3) is 22.3 Å². The molecule has 0 aliphatic rings. The zero-order valence-electron chi connectivity index (χ0n) is 20.5. The lowest BCUT2D eigenvalue weighted by atomic mass is 10.1. The topological polar surface area (TPSA) is 100 Å². The van der Waals surface area contributed by atoms with Gasteiger partial charge in [0.1, 0.15) is 5.84 Å². The van der Waals surface area contributed by atoms with Gasteiger partial charge in [-0.2, -0.15) is 0 Å². The number of amidine groups is 1. The van der Waals surface area contributed by atoms with E-state index in [2.05, 4.69) is 52.9 Å². The monoisotopic (exact) mass is 449 g/mol. The molecule has 0 aliphatic carbocycles. The largest absolute Gasteiger partial charge is 0.477 e. The van der Waals surface area contributed by atoms with Crippen LogP contribution in [0.5, 0.6) is 5.88 Å². The number of aryl methyl sites for hydroxylation is 1. The van der Waals surface area contributed by atoms with E-state index in [9.17, 15) is 0 Å². The molecule has 3 heterocycles. The second kappa shape index (κ2) is 10.9. The van der Waals surface area contributed by atoms with Crippen molar-refractivity contribution in [2.24, 2.45) is 4.99 Å². The maximum atomic E-state index is 8.16. The molecule has 0 aromatic carbocycles. The number of ether oxygens (including phenoxy) is 1. The summed E-state index contributed by atoms with van der Waals surface area (Å²) in [7, 11) is 1.76. The van der Waals surface area contributed by atoms with Crippen molar-refractivity contribution in [1.82, 2.24) is 19.9 Å². The first-order valence-corrected chi connectivity index (χ1v) is 11.6. The third-order valence-corrected chi connectivity index (χ3v) is 5.80. The van der Waals surface area contributed by atoms with Crippen LogP contribution in [0.15, 0.2) is 29.4 Å². The number of aliphatic imine (C=N–C) groups is 1. The van der Waals surface area contributed by atoms with Crippen LogP contribution in [-0.4, -0.2) is 46.9 Å². The van der Waals surface area contributed by atoms with E-state index in [0.29, 0.717) is 25.1 Å². The summed E-state index contributed by atoms with van der Waals surface area (Å²) in [6, 6.07) is 6.24. The summed E-state index contributed by atoms with van der Waals surface area (Å²) in [6.07, 6.45) is 5.17. The number of hydrogen-bond acceptors (Lipinski definition) is 5. The van der Waals surface area contributed by atoms with Crippen molar-refractivity contribution in [3.63, 3.8) is 0 Å². The predicted octanol–water partition coefficient (Wildman–Crippen LogP) is 4.98. The van der Waals surface area contributed by atoms with Gasteiger partial charge in [-0.3, -0.25) is 5.41 Å². The number of nitrogens with zero attached hydrogens (tertiary/aromatic N) is 4. The van der Waals surface area contributed by atoms with E-state index in [0.717, 1.165) is 40.8 Å². The van der Waals surface area contributed by atoms with E-state index in [4.69, 9.17) is 15.1 Å². The Morgan fingerprint density at radius 1 is 1.33 bits per heavy atom. The maximum absolute atomic E-state index is 8.16. The first-order chi connectivity index (χ1) is 16.0. The smallest absolute Gasteiger partial charge is 0.222 e. The molecular formula is C25H35N7O. The van der Waals surface area contributed by atoms with Crippen molar-refractivity contribution in [3.05, 3.63) is 35.7 Å². The van der Waals surface area contributed by atoms with E-state index in [1.807, 2.05) is 25.1 Å². The van der Waals surface area contributed by atoms with Gasteiger partial charge in [-0.25, -0.2) is 15.0 Å². The molecule has 3 N–H and O–H groups in total. The Morgan fingerprint density at radius 3 is 2.79 bits per heavy atom. The number of hydrogen-bond donors (Lipinski definition) is 3. The van der Waals surface area contributed by atoms with Crippen LogP contribution in [0.1, 0.15) is 51.4 Å². The molecule has 0 saturated carbocycles. The fourth-order valence-corrected chi connectivity index (χ4v) is 4.08. The van der Waals surface area contributed by atoms with Crippen molar-refractivity contribution in [2.45, 2.75) is 53.5 Å². The third-order valence-electron chi connectivity index (χ3n) is 5.80. The molecule has 0 radical (unpaired) electrons. The highest BCUT2D eigenvalue weighted by Crippen LogP contribution is 2.38. The van der Waals surface area contributed by atoms with Crippen molar-refractivity contribution in [3.8, 4) is 17.1 Å². The Bertz CT molecular complexity index is 1150. The van der Waals surface area contributed by atoms with E-state index in [1.54, 1.807) is 13.2 Å². The number of nitrogens with one attached hydrogen (secondary N) is 3. The van der Waals surface area contributed by atoms with Gasteiger partial charge in [-0.15, -0.1) is 0 Å². The van der Waals surface area contributed by atoms with E-state index >= 15 is 0 Å². The molecule has 8 nitrogen and oxygen atoms in total. The molecule has 0 amide bonds. The fourth-order valence-electron chi connectivity index (χ4n) is 4.08. The van der Waals surface area contributed by atoms with Crippen LogP contribution in [0.2, 0.25) is 0 Å². The summed E-state index contributed by atoms with van der Waals surface area (Å²) in [5, 5.41) is 14.4. The van der Waals surface area contributed by atoms with Crippen LogP contribution in [0, 0.1) is 12.3 Å². The average molecular weight is 450 g/mol. The Kier molecular flexibility index (Phi) is 8.03. The molecule has 33 heavy (non-hydrogen) atoms. The lowest BCUT2D eigenvalue weighted by molar-refractivity contribution is 0.328. The molecule has 0 bridgehead atoms. The minimum atomic E-state index is 0.237. The zero-order valence-corrected chi connectivity index (χ0v) is 20.5. The normalized spacial score (nSPS) is 12.3. The molecule has 0 fully saturated rings. The summed E-state index contributed by atoms with van der Waals surface area (Å²) < 4.78 is 8.18.